The Morgan fingerprint density at radius 2 is 1.65 bits per heavy atom. The second-order valence-corrected chi connectivity index (χ2v) is 6.28. The summed E-state index contributed by atoms with van der Waals surface area (Å²) < 4.78 is 0. The lowest BCUT2D eigenvalue weighted by atomic mass is 10.2. The van der Waals surface area contributed by atoms with Gasteiger partial charge >= 0.3 is 0 Å². The number of aromatic nitrogens is 1. The van der Waals surface area contributed by atoms with Gasteiger partial charge in [-0.3, -0.25) is 19.4 Å². The van der Waals surface area contributed by atoms with Crippen LogP contribution in [0.4, 0.5) is 11.4 Å². The van der Waals surface area contributed by atoms with Crippen LogP contribution in [0.1, 0.15) is 18.9 Å². The molecule has 1 aromatic carbocycles. The van der Waals surface area contributed by atoms with Gasteiger partial charge in [0.25, 0.3) is 0 Å². The zero-order valence-corrected chi connectivity index (χ0v) is 14.4. The minimum Gasteiger partial charge on any atom is -0.352 e. The number of hydrogen-bond donors (Lipinski definition) is 3. The van der Waals surface area contributed by atoms with Crippen LogP contribution in [-0.2, 0) is 20.9 Å². The molecular weight excluding hydrogens is 332 g/mol. The van der Waals surface area contributed by atoms with E-state index >= 15 is 0 Å². The van der Waals surface area contributed by atoms with Gasteiger partial charge in [0.05, 0.1) is 11.8 Å². The van der Waals surface area contributed by atoms with Crippen molar-refractivity contribution in [2.75, 3.05) is 10.6 Å². The van der Waals surface area contributed by atoms with Crippen LogP contribution in [0, 0.1) is 11.8 Å². The number of carbonyl (C=O) groups excluding carboxylic acids is 3. The predicted molar refractivity (Wildman–Crippen MR) is 97.1 cm³/mol. The Labute approximate surface area is 151 Å². The fraction of sp³-hybridized carbons (Fsp3) is 0.263. The Morgan fingerprint density at radius 1 is 1.00 bits per heavy atom. The highest BCUT2D eigenvalue weighted by atomic mass is 16.2. The molecule has 2 aromatic rings. The highest BCUT2D eigenvalue weighted by molar-refractivity contribution is 5.99. The molecule has 0 spiro atoms. The Bertz CT molecular complexity index is 805. The number of anilines is 2. The first-order valence-corrected chi connectivity index (χ1v) is 8.38. The predicted octanol–water partition coefficient (Wildman–Crippen LogP) is 1.93. The van der Waals surface area contributed by atoms with Crippen LogP contribution < -0.4 is 16.0 Å². The van der Waals surface area contributed by atoms with E-state index in [4.69, 9.17) is 0 Å². The molecule has 1 aromatic heterocycles. The minimum atomic E-state index is -0.307. The van der Waals surface area contributed by atoms with Gasteiger partial charge in [-0.05, 0) is 42.3 Å². The Kier molecular flexibility index (Phi) is 5.26. The standard InChI is InChI=1S/C19H20N4O3/c1-12(24)22-14-4-6-15(7-5-14)23-19(26)17-9-16(17)18(25)21-11-13-3-2-8-20-10-13/h2-8,10,16-17H,9,11H2,1H3,(H,21,25)(H,22,24)(H,23,26). The zero-order chi connectivity index (χ0) is 18.5. The van der Waals surface area contributed by atoms with Crippen molar-refractivity contribution in [1.82, 2.24) is 10.3 Å². The molecule has 1 fully saturated rings. The number of hydrogen-bond acceptors (Lipinski definition) is 4. The lowest BCUT2D eigenvalue weighted by Gasteiger charge is -2.07. The maximum atomic E-state index is 12.3. The molecule has 1 heterocycles. The molecule has 3 amide bonds. The summed E-state index contributed by atoms with van der Waals surface area (Å²) in [6.07, 6.45) is 3.92. The molecule has 0 radical (unpaired) electrons. The number of carbonyl (C=O) groups is 3. The van der Waals surface area contributed by atoms with Crippen LogP contribution >= 0.6 is 0 Å². The summed E-state index contributed by atoms with van der Waals surface area (Å²) >= 11 is 0. The monoisotopic (exact) mass is 352 g/mol. The van der Waals surface area contributed by atoms with Crippen LogP contribution in [0.15, 0.2) is 48.8 Å². The van der Waals surface area contributed by atoms with Gasteiger partial charge in [-0.25, -0.2) is 0 Å². The normalized spacial score (nSPS) is 17.9. The number of nitrogens with one attached hydrogen (secondary N) is 3. The number of amides is 3. The highest BCUT2D eigenvalue weighted by Gasteiger charge is 2.47. The van der Waals surface area contributed by atoms with Crippen LogP contribution in [-0.4, -0.2) is 22.7 Å². The summed E-state index contributed by atoms with van der Waals surface area (Å²) in [4.78, 5) is 39.4. The van der Waals surface area contributed by atoms with Crippen molar-refractivity contribution in [3.8, 4) is 0 Å². The first-order chi connectivity index (χ1) is 12.5. The van der Waals surface area contributed by atoms with E-state index < -0.39 is 0 Å². The van der Waals surface area contributed by atoms with E-state index in [-0.39, 0.29) is 29.6 Å². The molecule has 2 atom stereocenters. The average molecular weight is 352 g/mol. The molecule has 3 rings (SSSR count). The second kappa shape index (κ2) is 7.77. The zero-order valence-electron chi connectivity index (χ0n) is 14.4. The Balaban J connectivity index is 1.46. The molecule has 1 saturated carbocycles. The van der Waals surface area contributed by atoms with Crippen molar-refractivity contribution < 1.29 is 14.4 Å². The molecule has 2 unspecified atom stereocenters. The molecule has 7 heteroatoms. The van der Waals surface area contributed by atoms with Gasteiger partial charge < -0.3 is 16.0 Å². The molecule has 1 aliphatic carbocycles. The van der Waals surface area contributed by atoms with E-state index in [1.807, 2.05) is 12.1 Å². The SMILES string of the molecule is CC(=O)Nc1ccc(NC(=O)C2CC2C(=O)NCc2cccnc2)cc1. The first kappa shape index (κ1) is 17.6. The molecule has 3 N–H and O–H groups in total. The maximum absolute atomic E-state index is 12.3. The number of benzene rings is 1. The summed E-state index contributed by atoms with van der Waals surface area (Å²) in [5.41, 5.74) is 2.21. The van der Waals surface area contributed by atoms with Gasteiger partial charge in [0.2, 0.25) is 17.7 Å². The third kappa shape index (κ3) is 4.66. The van der Waals surface area contributed by atoms with Crippen molar-refractivity contribution in [3.63, 3.8) is 0 Å². The van der Waals surface area contributed by atoms with Gasteiger partial charge in [0.15, 0.2) is 0 Å². The lowest BCUT2D eigenvalue weighted by Crippen LogP contribution is -2.27. The molecule has 7 nitrogen and oxygen atoms in total. The van der Waals surface area contributed by atoms with Crippen LogP contribution in [0.5, 0.6) is 0 Å². The third-order valence-electron chi connectivity index (χ3n) is 4.13. The van der Waals surface area contributed by atoms with Crippen molar-refractivity contribution in [3.05, 3.63) is 54.4 Å². The molecule has 0 saturated heterocycles. The average Bonchev–Trinajstić information content (AvgIpc) is 3.43. The van der Waals surface area contributed by atoms with E-state index in [1.165, 1.54) is 6.92 Å². The van der Waals surface area contributed by atoms with Gasteiger partial charge in [0.1, 0.15) is 0 Å². The van der Waals surface area contributed by atoms with Crippen molar-refractivity contribution >= 4 is 29.1 Å². The van der Waals surface area contributed by atoms with Crippen LogP contribution in [0.2, 0.25) is 0 Å². The fourth-order valence-corrected chi connectivity index (χ4v) is 2.67. The minimum absolute atomic E-state index is 0.116. The van der Waals surface area contributed by atoms with Crippen molar-refractivity contribution in [2.45, 2.75) is 19.9 Å². The molecule has 26 heavy (non-hydrogen) atoms. The van der Waals surface area contributed by atoms with E-state index in [0.29, 0.717) is 24.3 Å². The first-order valence-electron chi connectivity index (χ1n) is 8.38. The molecule has 0 aliphatic heterocycles. The molecule has 134 valence electrons. The number of rotatable bonds is 6. The summed E-state index contributed by atoms with van der Waals surface area (Å²) in [6, 6.07) is 10.5. The quantitative estimate of drug-likeness (QED) is 0.739. The van der Waals surface area contributed by atoms with Crippen molar-refractivity contribution in [1.29, 1.82) is 0 Å². The fourth-order valence-electron chi connectivity index (χ4n) is 2.67. The maximum Gasteiger partial charge on any atom is 0.228 e. The van der Waals surface area contributed by atoms with Crippen LogP contribution in [0.25, 0.3) is 0 Å². The number of pyridine rings is 1. The second-order valence-electron chi connectivity index (χ2n) is 6.28. The van der Waals surface area contributed by atoms with Gasteiger partial charge in [-0.1, -0.05) is 6.07 Å². The summed E-state index contributed by atoms with van der Waals surface area (Å²) in [7, 11) is 0. The Morgan fingerprint density at radius 3 is 2.27 bits per heavy atom. The molecular formula is C19H20N4O3. The third-order valence-corrected chi connectivity index (χ3v) is 4.13. The summed E-state index contributed by atoms with van der Waals surface area (Å²) in [5.74, 6) is -1.03. The van der Waals surface area contributed by atoms with Gasteiger partial charge in [-0.2, -0.15) is 0 Å². The molecule has 1 aliphatic rings. The Hall–Kier alpha value is -3.22. The van der Waals surface area contributed by atoms with E-state index in [1.54, 1.807) is 36.7 Å². The van der Waals surface area contributed by atoms with Crippen molar-refractivity contribution in [2.24, 2.45) is 11.8 Å². The smallest absolute Gasteiger partial charge is 0.228 e. The topological polar surface area (TPSA) is 100 Å². The summed E-state index contributed by atoms with van der Waals surface area (Å²) in [5, 5.41) is 8.30. The van der Waals surface area contributed by atoms with E-state index in [0.717, 1.165) is 5.56 Å². The van der Waals surface area contributed by atoms with Gasteiger partial charge in [0, 0.05) is 37.2 Å². The van der Waals surface area contributed by atoms with Gasteiger partial charge in [-0.15, -0.1) is 0 Å². The molecule has 0 bridgehead atoms. The number of nitrogens with zero attached hydrogens (tertiary/aromatic N) is 1. The lowest BCUT2D eigenvalue weighted by molar-refractivity contribution is -0.125. The van der Waals surface area contributed by atoms with Crippen LogP contribution in [0.3, 0.4) is 0 Å². The van der Waals surface area contributed by atoms with E-state index in [9.17, 15) is 14.4 Å². The largest absolute Gasteiger partial charge is 0.352 e. The highest BCUT2D eigenvalue weighted by Crippen LogP contribution is 2.39. The van der Waals surface area contributed by atoms with E-state index in [2.05, 4.69) is 20.9 Å². The summed E-state index contributed by atoms with van der Waals surface area (Å²) in [6.45, 7) is 1.84.